The molecule has 0 saturated carbocycles. The summed E-state index contributed by atoms with van der Waals surface area (Å²) in [6.45, 7) is 3.64. The largest absolute Gasteiger partial charge is 0.377 e. The third-order valence-corrected chi connectivity index (χ3v) is 6.03. The molecule has 146 valence electrons. The highest BCUT2D eigenvalue weighted by Gasteiger charge is 2.09. The minimum Gasteiger partial charge on any atom is -0.377 e. The molecule has 1 heterocycles. The lowest BCUT2D eigenvalue weighted by atomic mass is 10.1. The Morgan fingerprint density at radius 3 is 2.68 bits per heavy atom. The van der Waals surface area contributed by atoms with Crippen molar-refractivity contribution in [3.8, 4) is 11.3 Å². The van der Waals surface area contributed by atoms with Gasteiger partial charge in [-0.15, -0.1) is 11.3 Å². The molecule has 1 amide bonds. The number of carbonyl (C=O) groups excluding carboxylic acids is 1. The van der Waals surface area contributed by atoms with Gasteiger partial charge in [-0.2, -0.15) is 0 Å². The van der Waals surface area contributed by atoms with Crippen LogP contribution in [0.2, 0.25) is 0 Å². The molecule has 0 unspecified atom stereocenters. The molecule has 0 atom stereocenters. The van der Waals surface area contributed by atoms with Crippen molar-refractivity contribution in [1.82, 2.24) is 10.3 Å². The van der Waals surface area contributed by atoms with Gasteiger partial charge < -0.3 is 10.1 Å². The fourth-order valence-electron chi connectivity index (χ4n) is 2.53. The highest BCUT2D eigenvalue weighted by Crippen LogP contribution is 2.28. The van der Waals surface area contributed by atoms with E-state index in [1.165, 1.54) is 35.2 Å². The summed E-state index contributed by atoms with van der Waals surface area (Å²) in [5, 5.41) is 4.86. The number of rotatable bonds is 9. The van der Waals surface area contributed by atoms with Crippen molar-refractivity contribution in [2.75, 3.05) is 12.4 Å². The van der Waals surface area contributed by atoms with Crippen LogP contribution < -0.4 is 5.32 Å². The summed E-state index contributed by atoms with van der Waals surface area (Å²) in [5.41, 5.74) is 3.79. The Hall–Kier alpha value is -2.22. The lowest BCUT2D eigenvalue weighted by Gasteiger charge is -2.10. The molecule has 0 radical (unpaired) electrons. The van der Waals surface area contributed by atoms with Gasteiger partial charge in [0.05, 0.1) is 18.1 Å². The number of thioether (sulfide) groups is 1. The molecular formula is C21H21FN2O2S2. The second kappa shape index (κ2) is 10.4. The number of halogens is 1. The van der Waals surface area contributed by atoms with Crippen molar-refractivity contribution in [2.24, 2.45) is 0 Å². The molecule has 0 saturated heterocycles. The number of hydrogen-bond acceptors (Lipinski definition) is 5. The zero-order valence-electron chi connectivity index (χ0n) is 15.5. The molecular weight excluding hydrogens is 395 g/mol. The molecule has 0 aliphatic carbocycles. The maximum absolute atomic E-state index is 13.0. The quantitative estimate of drug-likeness (QED) is 0.505. The van der Waals surface area contributed by atoms with E-state index in [9.17, 15) is 9.18 Å². The molecule has 1 aromatic heterocycles. The van der Waals surface area contributed by atoms with Gasteiger partial charge in [0.25, 0.3) is 0 Å². The number of amides is 1. The molecule has 0 aliphatic heterocycles. The molecule has 0 spiro atoms. The van der Waals surface area contributed by atoms with Gasteiger partial charge in [-0.05, 0) is 42.3 Å². The smallest absolute Gasteiger partial charge is 0.230 e. The first-order chi connectivity index (χ1) is 13.7. The van der Waals surface area contributed by atoms with Crippen molar-refractivity contribution in [3.63, 3.8) is 0 Å². The Morgan fingerprint density at radius 1 is 1.18 bits per heavy atom. The highest BCUT2D eigenvalue weighted by molar-refractivity contribution is 8.01. The molecule has 0 fully saturated rings. The zero-order chi connectivity index (χ0) is 19.8. The number of aromatic nitrogens is 1. The van der Waals surface area contributed by atoms with E-state index in [0.29, 0.717) is 25.5 Å². The second-order valence-corrected chi connectivity index (χ2v) is 8.06. The summed E-state index contributed by atoms with van der Waals surface area (Å²) in [4.78, 5) is 16.7. The van der Waals surface area contributed by atoms with Gasteiger partial charge in [0.15, 0.2) is 4.34 Å². The summed E-state index contributed by atoms with van der Waals surface area (Å²) in [5.74, 6) is -0.0212. The first-order valence-corrected chi connectivity index (χ1v) is 10.8. The average molecular weight is 417 g/mol. The number of carbonyl (C=O) groups is 1. The topological polar surface area (TPSA) is 51.2 Å². The molecule has 0 bridgehead atoms. The van der Waals surface area contributed by atoms with Gasteiger partial charge in [0.1, 0.15) is 5.82 Å². The lowest BCUT2D eigenvalue weighted by Crippen LogP contribution is -2.25. The monoisotopic (exact) mass is 416 g/mol. The van der Waals surface area contributed by atoms with Gasteiger partial charge in [-0.3, -0.25) is 4.79 Å². The molecule has 0 aliphatic rings. The summed E-state index contributed by atoms with van der Waals surface area (Å²) in [7, 11) is 0. The van der Waals surface area contributed by atoms with Crippen LogP contribution in [0.3, 0.4) is 0 Å². The van der Waals surface area contributed by atoms with E-state index in [1.807, 2.05) is 36.6 Å². The average Bonchev–Trinajstić information content (AvgIpc) is 3.19. The third kappa shape index (κ3) is 5.89. The van der Waals surface area contributed by atoms with Crippen molar-refractivity contribution < 1.29 is 13.9 Å². The maximum atomic E-state index is 13.0. The Labute approximate surface area is 172 Å². The third-order valence-electron chi connectivity index (χ3n) is 4.01. The SMILES string of the molecule is CCOCc1ccccc1CNC(=O)CSc1nc(-c2ccc(F)cc2)cs1. The second-order valence-electron chi connectivity index (χ2n) is 5.98. The first-order valence-electron chi connectivity index (χ1n) is 8.91. The van der Waals surface area contributed by atoms with Crippen molar-refractivity contribution in [2.45, 2.75) is 24.4 Å². The Morgan fingerprint density at radius 2 is 1.93 bits per heavy atom. The number of ether oxygens (including phenoxy) is 1. The molecule has 3 rings (SSSR count). The van der Waals surface area contributed by atoms with Crippen LogP contribution in [-0.4, -0.2) is 23.3 Å². The van der Waals surface area contributed by atoms with Crippen molar-refractivity contribution in [3.05, 3.63) is 70.9 Å². The summed E-state index contributed by atoms with van der Waals surface area (Å²) in [6, 6.07) is 14.2. The van der Waals surface area contributed by atoms with Crippen LogP contribution in [0.25, 0.3) is 11.3 Å². The Bertz CT molecular complexity index is 913. The Balaban J connectivity index is 1.49. The van der Waals surface area contributed by atoms with E-state index in [2.05, 4.69) is 10.3 Å². The van der Waals surface area contributed by atoms with Crippen LogP contribution in [0.1, 0.15) is 18.1 Å². The lowest BCUT2D eigenvalue weighted by molar-refractivity contribution is -0.118. The van der Waals surface area contributed by atoms with E-state index in [1.54, 1.807) is 12.1 Å². The number of nitrogens with zero attached hydrogens (tertiary/aromatic N) is 1. The van der Waals surface area contributed by atoms with E-state index in [4.69, 9.17) is 4.74 Å². The van der Waals surface area contributed by atoms with Crippen LogP contribution in [0.15, 0.2) is 58.3 Å². The normalized spacial score (nSPS) is 10.8. The van der Waals surface area contributed by atoms with E-state index in [-0.39, 0.29) is 11.7 Å². The standard InChI is InChI=1S/C21H21FN2O2S2/c1-2-26-12-17-6-4-3-5-16(17)11-23-20(25)14-28-21-24-19(13-27-21)15-7-9-18(22)10-8-15/h3-10,13H,2,11-12,14H2,1H3,(H,23,25). The van der Waals surface area contributed by atoms with Crippen LogP contribution in [0.4, 0.5) is 4.39 Å². The first kappa shape index (κ1) is 20.5. The van der Waals surface area contributed by atoms with Gasteiger partial charge >= 0.3 is 0 Å². The molecule has 3 aromatic rings. The van der Waals surface area contributed by atoms with E-state index < -0.39 is 0 Å². The fraction of sp³-hybridized carbons (Fsp3) is 0.238. The summed E-state index contributed by atoms with van der Waals surface area (Å²) >= 11 is 2.88. The van der Waals surface area contributed by atoms with Gasteiger partial charge in [0, 0.05) is 24.1 Å². The Kier molecular flexibility index (Phi) is 7.59. The van der Waals surface area contributed by atoms with Crippen molar-refractivity contribution >= 4 is 29.0 Å². The highest BCUT2D eigenvalue weighted by atomic mass is 32.2. The van der Waals surface area contributed by atoms with Gasteiger partial charge in [-0.1, -0.05) is 36.0 Å². The predicted molar refractivity (Wildman–Crippen MR) is 112 cm³/mol. The van der Waals surface area contributed by atoms with Crippen LogP contribution >= 0.6 is 23.1 Å². The molecule has 7 heteroatoms. The van der Waals surface area contributed by atoms with Gasteiger partial charge in [-0.25, -0.2) is 9.37 Å². The van der Waals surface area contributed by atoms with E-state index >= 15 is 0 Å². The summed E-state index contributed by atoms with van der Waals surface area (Å²) < 4.78 is 19.3. The van der Waals surface area contributed by atoms with Crippen LogP contribution in [-0.2, 0) is 22.7 Å². The maximum Gasteiger partial charge on any atom is 0.230 e. The summed E-state index contributed by atoms with van der Waals surface area (Å²) in [6.07, 6.45) is 0. The van der Waals surface area contributed by atoms with Crippen molar-refractivity contribution in [1.29, 1.82) is 0 Å². The molecule has 28 heavy (non-hydrogen) atoms. The minimum absolute atomic E-state index is 0.0465. The zero-order valence-corrected chi connectivity index (χ0v) is 17.1. The molecule has 2 aromatic carbocycles. The number of benzene rings is 2. The van der Waals surface area contributed by atoms with Crippen LogP contribution in [0, 0.1) is 5.82 Å². The number of hydrogen-bond donors (Lipinski definition) is 1. The van der Waals surface area contributed by atoms with Gasteiger partial charge in [0.2, 0.25) is 5.91 Å². The van der Waals surface area contributed by atoms with Crippen LogP contribution in [0.5, 0.6) is 0 Å². The predicted octanol–water partition coefficient (Wildman–Crippen LogP) is 4.89. The number of thiazole rings is 1. The molecule has 4 nitrogen and oxygen atoms in total. The fourth-order valence-corrected chi connectivity index (χ4v) is 4.20. The van der Waals surface area contributed by atoms with E-state index in [0.717, 1.165) is 26.7 Å². The molecule has 1 N–H and O–H groups in total. The minimum atomic E-state index is -0.270. The number of nitrogens with one attached hydrogen (secondary N) is 1.